The zero-order valence-electron chi connectivity index (χ0n) is 9.80. The molecule has 0 bridgehead atoms. The highest BCUT2D eigenvalue weighted by atomic mass is 32.1. The number of ether oxygens (including phenoxy) is 1. The minimum Gasteiger partial charge on any atom is -0.487 e. The smallest absolute Gasteiger partial charge is 0.131 e. The summed E-state index contributed by atoms with van der Waals surface area (Å²) in [7, 11) is 0. The number of hydrogen-bond donors (Lipinski definition) is 1. The van der Waals surface area contributed by atoms with Gasteiger partial charge in [-0.3, -0.25) is 0 Å². The van der Waals surface area contributed by atoms with Gasteiger partial charge in [-0.15, -0.1) is 11.3 Å². The summed E-state index contributed by atoms with van der Waals surface area (Å²) in [6.45, 7) is 2.57. The lowest BCUT2D eigenvalue weighted by atomic mass is 10.0. The van der Waals surface area contributed by atoms with Gasteiger partial charge in [0.2, 0.25) is 0 Å². The first kappa shape index (κ1) is 12.1. The topological polar surface area (TPSA) is 48.1 Å². The molecule has 0 saturated heterocycles. The molecule has 17 heavy (non-hydrogen) atoms. The Labute approximate surface area is 105 Å². The van der Waals surface area contributed by atoms with E-state index in [4.69, 9.17) is 10.5 Å². The Balaban J connectivity index is 2.09. The number of hydrogen-bond acceptors (Lipinski definition) is 4. The molecule has 0 saturated carbocycles. The highest BCUT2D eigenvalue weighted by Crippen LogP contribution is 2.26. The summed E-state index contributed by atoms with van der Waals surface area (Å²) in [4.78, 5) is 4.19. The summed E-state index contributed by atoms with van der Waals surface area (Å²) in [5.41, 5.74) is 9.87. The van der Waals surface area contributed by atoms with Crippen molar-refractivity contribution in [2.45, 2.75) is 26.0 Å². The van der Waals surface area contributed by atoms with Crippen LogP contribution in [0.4, 0.5) is 0 Å². The second-order valence-corrected chi connectivity index (χ2v) is 4.54. The minimum absolute atomic E-state index is 0.0293. The number of aromatic nitrogens is 1. The maximum Gasteiger partial charge on any atom is 0.131 e. The van der Waals surface area contributed by atoms with Crippen LogP contribution < -0.4 is 10.5 Å². The van der Waals surface area contributed by atoms with Gasteiger partial charge < -0.3 is 10.5 Å². The molecule has 2 N–H and O–H groups in total. The van der Waals surface area contributed by atoms with Crippen LogP contribution in [0.25, 0.3) is 0 Å². The Kier molecular flexibility index (Phi) is 4.12. The van der Waals surface area contributed by atoms with Crippen LogP contribution in [0.1, 0.15) is 30.6 Å². The average molecular weight is 248 g/mol. The molecule has 2 rings (SSSR count). The fourth-order valence-corrected chi connectivity index (χ4v) is 2.14. The molecule has 0 aliphatic heterocycles. The van der Waals surface area contributed by atoms with Crippen LogP contribution in [-0.4, -0.2) is 4.98 Å². The van der Waals surface area contributed by atoms with Crippen molar-refractivity contribution in [3.05, 3.63) is 46.4 Å². The Morgan fingerprint density at radius 2 is 2.24 bits per heavy atom. The van der Waals surface area contributed by atoms with E-state index in [2.05, 4.69) is 11.9 Å². The Morgan fingerprint density at radius 3 is 2.94 bits per heavy atom. The predicted molar refractivity (Wildman–Crippen MR) is 70.1 cm³/mol. The summed E-state index contributed by atoms with van der Waals surface area (Å²) >= 11 is 1.57. The van der Waals surface area contributed by atoms with Crippen LogP contribution in [-0.2, 0) is 6.61 Å². The zero-order valence-corrected chi connectivity index (χ0v) is 10.6. The molecule has 2 aromatic rings. The fraction of sp³-hybridized carbons (Fsp3) is 0.308. The van der Waals surface area contributed by atoms with E-state index in [1.165, 1.54) is 0 Å². The van der Waals surface area contributed by atoms with Crippen molar-refractivity contribution in [1.29, 1.82) is 0 Å². The van der Waals surface area contributed by atoms with Crippen molar-refractivity contribution in [2.75, 3.05) is 0 Å². The SMILES string of the molecule is CC[C@H](N)c1ccccc1OCc1cscn1. The molecule has 1 atom stereocenters. The Hall–Kier alpha value is -1.39. The van der Waals surface area contributed by atoms with Gasteiger partial charge in [-0.2, -0.15) is 0 Å². The quantitative estimate of drug-likeness (QED) is 0.884. The normalized spacial score (nSPS) is 12.4. The second-order valence-electron chi connectivity index (χ2n) is 3.82. The molecule has 0 fully saturated rings. The number of nitrogens with zero attached hydrogens (tertiary/aromatic N) is 1. The van der Waals surface area contributed by atoms with E-state index in [9.17, 15) is 0 Å². The number of nitrogens with two attached hydrogens (primary N) is 1. The molecule has 1 aromatic carbocycles. The number of benzene rings is 1. The van der Waals surface area contributed by atoms with Crippen molar-refractivity contribution in [3.63, 3.8) is 0 Å². The van der Waals surface area contributed by atoms with E-state index in [1.54, 1.807) is 11.3 Å². The molecule has 0 aliphatic rings. The molecular formula is C13H16N2OS. The maximum absolute atomic E-state index is 6.05. The average Bonchev–Trinajstić information content (AvgIpc) is 2.89. The van der Waals surface area contributed by atoms with Gasteiger partial charge in [-0.25, -0.2) is 4.98 Å². The summed E-state index contributed by atoms with van der Waals surface area (Å²) in [6, 6.07) is 7.95. The van der Waals surface area contributed by atoms with E-state index < -0.39 is 0 Å². The van der Waals surface area contributed by atoms with Gasteiger partial charge in [0.1, 0.15) is 12.4 Å². The molecule has 0 amide bonds. The first-order valence-corrected chi connectivity index (χ1v) is 6.60. The van der Waals surface area contributed by atoms with E-state index in [0.29, 0.717) is 6.61 Å². The summed E-state index contributed by atoms with van der Waals surface area (Å²) < 4.78 is 5.77. The first-order valence-electron chi connectivity index (χ1n) is 5.65. The van der Waals surface area contributed by atoms with Crippen LogP contribution in [0.15, 0.2) is 35.2 Å². The molecule has 3 nitrogen and oxygen atoms in total. The lowest BCUT2D eigenvalue weighted by Crippen LogP contribution is -2.10. The number of rotatable bonds is 5. The van der Waals surface area contributed by atoms with Crippen molar-refractivity contribution in [1.82, 2.24) is 4.98 Å². The van der Waals surface area contributed by atoms with E-state index in [1.807, 2.05) is 35.2 Å². The van der Waals surface area contributed by atoms with Crippen molar-refractivity contribution >= 4 is 11.3 Å². The van der Waals surface area contributed by atoms with Crippen LogP contribution >= 0.6 is 11.3 Å². The molecule has 0 radical (unpaired) electrons. The molecule has 0 aliphatic carbocycles. The molecule has 1 heterocycles. The van der Waals surface area contributed by atoms with E-state index in [-0.39, 0.29) is 6.04 Å². The highest BCUT2D eigenvalue weighted by Gasteiger charge is 2.09. The van der Waals surface area contributed by atoms with Crippen LogP contribution in [0.2, 0.25) is 0 Å². The lowest BCUT2D eigenvalue weighted by Gasteiger charge is -2.15. The summed E-state index contributed by atoms with van der Waals surface area (Å²) in [6.07, 6.45) is 0.900. The Morgan fingerprint density at radius 1 is 1.41 bits per heavy atom. The van der Waals surface area contributed by atoms with Crippen molar-refractivity contribution < 1.29 is 4.74 Å². The first-order chi connectivity index (χ1) is 8.31. The van der Waals surface area contributed by atoms with Crippen molar-refractivity contribution in [3.8, 4) is 5.75 Å². The van der Waals surface area contributed by atoms with E-state index >= 15 is 0 Å². The maximum atomic E-state index is 6.05. The standard InChI is InChI=1S/C13H16N2OS/c1-2-12(14)11-5-3-4-6-13(11)16-7-10-8-17-9-15-10/h3-6,8-9,12H,2,7,14H2,1H3/t12-/m0/s1. The Bertz CT molecular complexity index is 456. The second kappa shape index (κ2) is 5.80. The van der Waals surface area contributed by atoms with Gasteiger partial charge >= 0.3 is 0 Å². The van der Waals surface area contributed by atoms with Crippen molar-refractivity contribution in [2.24, 2.45) is 5.73 Å². The lowest BCUT2D eigenvalue weighted by molar-refractivity contribution is 0.297. The van der Waals surface area contributed by atoms with Crippen LogP contribution in [0, 0.1) is 0 Å². The summed E-state index contributed by atoms with van der Waals surface area (Å²) in [5, 5.41) is 1.99. The van der Waals surface area contributed by atoms with Crippen LogP contribution in [0.5, 0.6) is 5.75 Å². The molecule has 1 aromatic heterocycles. The van der Waals surface area contributed by atoms with Gasteiger partial charge in [0.25, 0.3) is 0 Å². The third-order valence-corrected chi connectivity index (χ3v) is 3.25. The van der Waals surface area contributed by atoms with Gasteiger partial charge in [-0.1, -0.05) is 25.1 Å². The van der Waals surface area contributed by atoms with E-state index in [0.717, 1.165) is 23.4 Å². The largest absolute Gasteiger partial charge is 0.487 e. The molecule has 90 valence electrons. The number of para-hydroxylation sites is 1. The fourth-order valence-electron chi connectivity index (χ4n) is 1.60. The van der Waals surface area contributed by atoms with Crippen LogP contribution in [0.3, 0.4) is 0 Å². The highest BCUT2D eigenvalue weighted by molar-refractivity contribution is 7.07. The van der Waals surface area contributed by atoms with Gasteiger partial charge in [-0.05, 0) is 12.5 Å². The molecular weight excluding hydrogens is 232 g/mol. The molecule has 4 heteroatoms. The third kappa shape index (κ3) is 3.05. The third-order valence-electron chi connectivity index (χ3n) is 2.62. The molecule has 0 unspecified atom stereocenters. The predicted octanol–water partition coefficient (Wildman–Crippen LogP) is 3.13. The van der Waals surface area contributed by atoms with Gasteiger partial charge in [0.15, 0.2) is 0 Å². The summed E-state index contributed by atoms with van der Waals surface area (Å²) in [5.74, 6) is 0.856. The molecule has 0 spiro atoms. The zero-order chi connectivity index (χ0) is 12.1. The minimum atomic E-state index is 0.0293. The monoisotopic (exact) mass is 248 g/mol. The van der Waals surface area contributed by atoms with Gasteiger partial charge in [0.05, 0.1) is 11.2 Å². The van der Waals surface area contributed by atoms with Gasteiger partial charge in [0, 0.05) is 17.0 Å². The number of thiazole rings is 1.